The van der Waals surface area contributed by atoms with Crippen molar-refractivity contribution in [2.24, 2.45) is 0 Å². The highest BCUT2D eigenvalue weighted by Gasteiger charge is 2.06. The molecule has 0 aliphatic carbocycles. The van der Waals surface area contributed by atoms with Crippen LogP contribution < -0.4 is 5.32 Å². The van der Waals surface area contributed by atoms with Crippen molar-refractivity contribution in [3.8, 4) is 0 Å². The van der Waals surface area contributed by atoms with Crippen LogP contribution in [-0.4, -0.2) is 11.9 Å². The Labute approximate surface area is 109 Å². The summed E-state index contributed by atoms with van der Waals surface area (Å²) in [5.41, 5.74) is 0.926. The van der Waals surface area contributed by atoms with Crippen molar-refractivity contribution in [1.82, 2.24) is 5.32 Å². The molecule has 0 spiro atoms. The van der Waals surface area contributed by atoms with E-state index in [-0.39, 0.29) is 11.9 Å². The molecule has 0 aromatic heterocycles. The number of hydrogen-bond donors (Lipinski definition) is 1. The second-order valence-electron chi connectivity index (χ2n) is 3.67. The van der Waals surface area contributed by atoms with Crippen molar-refractivity contribution < 1.29 is 4.79 Å². The molecule has 0 atom stereocenters. The smallest absolute Gasteiger partial charge is 0.258 e. The minimum absolute atomic E-state index is 0.120. The summed E-state index contributed by atoms with van der Waals surface area (Å²) in [6, 6.07) is 7.40. The predicted molar refractivity (Wildman–Crippen MR) is 71.6 cm³/mol. The van der Waals surface area contributed by atoms with Crippen LogP contribution in [0.3, 0.4) is 0 Å². The molecule has 0 saturated heterocycles. The molecule has 1 N–H and O–H groups in total. The second-order valence-corrected chi connectivity index (χ2v) is 4.96. The summed E-state index contributed by atoms with van der Waals surface area (Å²) in [7, 11) is 0. The lowest BCUT2D eigenvalue weighted by Crippen LogP contribution is -2.29. The molecule has 86 valence electrons. The number of amides is 1. The van der Waals surface area contributed by atoms with Crippen LogP contribution >= 0.6 is 27.5 Å². The van der Waals surface area contributed by atoms with Crippen molar-refractivity contribution >= 4 is 39.5 Å². The molecule has 0 radical (unpaired) electrons. The molecule has 4 heteroatoms. The molecule has 0 heterocycles. The average Bonchev–Trinajstić information content (AvgIpc) is 2.20. The van der Waals surface area contributed by atoms with Gasteiger partial charge in [0.05, 0.1) is 4.48 Å². The van der Waals surface area contributed by atoms with Crippen LogP contribution in [0.2, 0.25) is 5.02 Å². The molecular weight excluding hydrogens is 289 g/mol. The first-order valence-electron chi connectivity index (χ1n) is 4.92. The van der Waals surface area contributed by atoms with Gasteiger partial charge in [-0.25, -0.2) is 0 Å². The maximum absolute atomic E-state index is 11.6. The summed E-state index contributed by atoms with van der Waals surface area (Å²) in [5, 5.41) is 3.47. The van der Waals surface area contributed by atoms with E-state index in [1.165, 1.54) is 0 Å². The Hall–Kier alpha value is -0.800. The molecular formula is C12H13BrClNO. The Morgan fingerprint density at radius 3 is 2.44 bits per heavy atom. The number of benzene rings is 1. The van der Waals surface area contributed by atoms with E-state index in [1.54, 1.807) is 18.2 Å². The molecule has 1 aromatic rings. The van der Waals surface area contributed by atoms with E-state index in [9.17, 15) is 4.79 Å². The van der Waals surface area contributed by atoms with Crippen LogP contribution in [0.4, 0.5) is 0 Å². The van der Waals surface area contributed by atoms with E-state index in [0.29, 0.717) is 9.51 Å². The number of halogens is 2. The topological polar surface area (TPSA) is 29.1 Å². The highest BCUT2D eigenvalue weighted by atomic mass is 79.9. The zero-order chi connectivity index (χ0) is 12.1. The molecule has 1 aromatic carbocycles. The van der Waals surface area contributed by atoms with E-state index in [4.69, 9.17) is 11.6 Å². The molecule has 1 amide bonds. The molecule has 0 fully saturated rings. The Morgan fingerprint density at radius 2 is 1.94 bits per heavy atom. The molecule has 0 unspecified atom stereocenters. The van der Waals surface area contributed by atoms with Gasteiger partial charge in [-0.05, 0) is 53.5 Å². The van der Waals surface area contributed by atoms with Gasteiger partial charge in [0, 0.05) is 11.1 Å². The number of hydrogen-bond acceptors (Lipinski definition) is 1. The SMILES string of the molecule is CC(C)NC(=O)/C(Br)=C/c1ccc(Cl)cc1. The summed E-state index contributed by atoms with van der Waals surface area (Å²) < 4.78 is 0.503. The van der Waals surface area contributed by atoms with Gasteiger partial charge in [0.1, 0.15) is 0 Å². The number of rotatable bonds is 3. The third kappa shape index (κ3) is 4.37. The van der Waals surface area contributed by atoms with Crippen LogP contribution in [0.1, 0.15) is 19.4 Å². The summed E-state index contributed by atoms with van der Waals surface area (Å²) in [6.07, 6.45) is 1.76. The minimum atomic E-state index is -0.120. The second kappa shape index (κ2) is 6.06. The van der Waals surface area contributed by atoms with Crippen LogP contribution in [0, 0.1) is 0 Å². The van der Waals surface area contributed by atoms with Gasteiger partial charge in [0.15, 0.2) is 0 Å². The Bertz CT molecular complexity index is 398. The summed E-state index contributed by atoms with van der Waals surface area (Å²) in [4.78, 5) is 11.6. The molecule has 1 rings (SSSR count). The Balaban J connectivity index is 2.76. The molecule has 0 saturated carbocycles. The molecule has 2 nitrogen and oxygen atoms in total. The lowest BCUT2D eigenvalue weighted by molar-refractivity contribution is -0.117. The van der Waals surface area contributed by atoms with Crippen molar-refractivity contribution in [2.75, 3.05) is 0 Å². The number of carbonyl (C=O) groups is 1. The maximum atomic E-state index is 11.6. The zero-order valence-corrected chi connectivity index (χ0v) is 11.5. The Morgan fingerprint density at radius 1 is 1.38 bits per heavy atom. The van der Waals surface area contributed by atoms with Gasteiger partial charge >= 0.3 is 0 Å². The van der Waals surface area contributed by atoms with Crippen molar-refractivity contribution in [3.05, 3.63) is 39.3 Å². The first-order valence-corrected chi connectivity index (χ1v) is 6.10. The van der Waals surface area contributed by atoms with Gasteiger partial charge in [0.2, 0.25) is 0 Å². The minimum Gasteiger partial charge on any atom is -0.349 e. The highest BCUT2D eigenvalue weighted by Crippen LogP contribution is 2.15. The third-order valence-corrected chi connectivity index (χ3v) is 2.64. The zero-order valence-electron chi connectivity index (χ0n) is 9.13. The third-order valence-electron chi connectivity index (χ3n) is 1.80. The molecule has 0 aliphatic heterocycles. The normalized spacial score (nSPS) is 11.7. The fraction of sp³-hybridized carbons (Fsp3) is 0.250. The monoisotopic (exact) mass is 301 g/mol. The van der Waals surface area contributed by atoms with Crippen molar-refractivity contribution in [1.29, 1.82) is 0 Å². The highest BCUT2D eigenvalue weighted by molar-refractivity contribution is 9.12. The van der Waals surface area contributed by atoms with Crippen LogP contribution in [0.5, 0.6) is 0 Å². The van der Waals surface area contributed by atoms with Crippen LogP contribution in [0.25, 0.3) is 6.08 Å². The number of nitrogens with one attached hydrogen (secondary N) is 1. The van der Waals surface area contributed by atoms with E-state index in [2.05, 4.69) is 21.2 Å². The lowest BCUT2D eigenvalue weighted by Gasteiger charge is -2.07. The fourth-order valence-electron chi connectivity index (χ4n) is 1.10. The molecule has 16 heavy (non-hydrogen) atoms. The van der Waals surface area contributed by atoms with Crippen molar-refractivity contribution in [3.63, 3.8) is 0 Å². The van der Waals surface area contributed by atoms with Crippen LogP contribution in [-0.2, 0) is 4.79 Å². The summed E-state index contributed by atoms with van der Waals surface area (Å²) >= 11 is 9.01. The van der Waals surface area contributed by atoms with Gasteiger partial charge in [-0.3, -0.25) is 4.79 Å². The lowest BCUT2D eigenvalue weighted by atomic mass is 10.2. The fourth-order valence-corrected chi connectivity index (χ4v) is 1.61. The van der Waals surface area contributed by atoms with E-state index in [1.807, 2.05) is 26.0 Å². The quantitative estimate of drug-likeness (QED) is 0.849. The standard InChI is InChI=1S/C12H13BrClNO/c1-8(2)15-12(16)11(13)7-9-3-5-10(14)6-4-9/h3-8H,1-2H3,(H,15,16)/b11-7-. The van der Waals surface area contributed by atoms with Crippen molar-refractivity contribution in [2.45, 2.75) is 19.9 Å². The first kappa shape index (κ1) is 13.3. The van der Waals surface area contributed by atoms with Gasteiger partial charge in [-0.15, -0.1) is 0 Å². The van der Waals surface area contributed by atoms with Gasteiger partial charge < -0.3 is 5.32 Å². The summed E-state index contributed by atoms with van der Waals surface area (Å²) in [5.74, 6) is -0.120. The van der Waals surface area contributed by atoms with E-state index >= 15 is 0 Å². The average molecular weight is 303 g/mol. The van der Waals surface area contributed by atoms with E-state index < -0.39 is 0 Å². The van der Waals surface area contributed by atoms with Crippen LogP contribution in [0.15, 0.2) is 28.7 Å². The molecule has 0 aliphatic rings. The summed E-state index contributed by atoms with van der Waals surface area (Å²) in [6.45, 7) is 3.83. The number of carbonyl (C=O) groups excluding carboxylic acids is 1. The first-order chi connectivity index (χ1) is 7.49. The maximum Gasteiger partial charge on any atom is 0.258 e. The van der Waals surface area contributed by atoms with Gasteiger partial charge in [0.25, 0.3) is 5.91 Å². The van der Waals surface area contributed by atoms with Gasteiger partial charge in [-0.1, -0.05) is 23.7 Å². The van der Waals surface area contributed by atoms with E-state index in [0.717, 1.165) is 5.56 Å². The van der Waals surface area contributed by atoms with Gasteiger partial charge in [-0.2, -0.15) is 0 Å². The molecule has 0 bridgehead atoms. The largest absolute Gasteiger partial charge is 0.349 e. The Kier molecular flexibility index (Phi) is 5.03. The predicted octanol–water partition coefficient (Wildman–Crippen LogP) is 3.60.